The van der Waals surface area contributed by atoms with Crippen molar-refractivity contribution in [2.24, 2.45) is 5.10 Å². The van der Waals surface area contributed by atoms with E-state index in [0.29, 0.717) is 32.5 Å². The van der Waals surface area contributed by atoms with Crippen LogP contribution in [0.3, 0.4) is 0 Å². The molecule has 1 N–H and O–H groups in total. The lowest BCUT2D eigenvalue weighted by molar-refractivity contribution is -0.0800. The Morgan fingerprint density at radius 1 is 1.30 bits per heavy atom. The van der Waals surface area contributed by atoms with Crippen LogP contribution in [-0.4, -0.2) is 86.4 Å². The zero-order valence-corrected chi connectivity index (χ0v) is 22.4. The van der Waals surface area contributed by atoms with E-state index in [1.165, 1.54) is 12.4 Å². The van der Waals surface area contributed by atoms with Crippen LogP contribution >= 0.6 is 0 Å². The number of aromatic amines is 1. The van der Waals surface area contributed by atoms with Gasteiger partial charge in [0.15, 0.2) is 0 Å². The lowest BCUT2D eigenvalue weighted by atomic mass is 9.83. The molecule has 4 heterocycles. The second-order valence-corrected chi connectivity index (χ2v) is 10.3. The topological polar surface area (TPSA) is 114 Å². The monoisotopic (exact) mass is 550 g/mol. The van der Waals surface area contributed by atoms with Crippen LogP contribution in [0.25, 0.3) is 11.0 Å². The normalized spacial score (nSPS) is 17.6. The highest BCUT2D eigenvalue weighted by atomic mass is 19.1. The van der Waals surface area contributed by atoms with Crippen LogP contribution in [0, 0.1) is 23.0 Å². The van der Waals surface area contributed by atoms with Crippen molar-refractivity contribution in [3.8, 4) is 6.07 Å². The molecule has 10 nitrogen and oxygen atoms in total. The molecule has 40 heavy (non-hydrogen) atoms. The number of fused-ring (bicyclic) bond motifs is 1. The second-order valence-electron chi connectivity index (χ2n) is 10.3. The molecule has 0 saturated carbocycles. The molecule has 2 aromatic heterocycles. The largest absolute Gasteiger partial charge is 0.444 e. The molecule has 12 heteroatoms. The van der Waals surface area contributed by atoms with E-state index in [2.05, 4.69) is 25.9 Å². The van der Waals surface area contributed by atoms with Gasteiger partial charge in [0.05, 0.1) is 23.7 Å². The summed E-state index contributed by atoms with van der Waals surface area (Å²) in [5.74, 6) is -1.41. The third-order valence-corrected chi connectivity index (χ3v) is 7.80. The molecule has 0 spiro atoms. The molecular weight excluding hydrogens is 518 g/mol. The first kappa shape index (κ1) is 27.5. The van der Waals surface area contributed by atoms with Gasteiger partial charge in [-0.05, 0) is 38.0 Å². The van der Waals surface area contributed by atoms with Gasteiger partial charge in [0.1, 0.15) is 30.2 Å². The maximum absolute atomic E-state index is 13.8. The van der Waals surface area contributed by atoms with Gasteiger partial charge in [-0.2, -0.15) is 10.4 Å². The van der Waals surface area contributed by atoms with Crippen LogP contribution in [0.1, 0.15) is 37.4 Å². The summed E-state index contributed by atoms with van der Waals surface area (Å²) in [6.07, 6.45) is 7.20. The average Bonchev–Trinajstić information content (AvgIpc) is 3.42. The van der Waals surface area contributed by atoms with Crippen molar-refractivity contribution < 1.29 is 18.3 Å². The number of likely N-dealkylation sites (tertiary alicyclic amines) is 2. The molecule has 210 valence electrons. The molecule has 0 bridgehead atoms. The maximum atomic E-state index is 13.8. The third-order valence-electron chi connectivity index (χ3n) is 7.80. The van der Waals surface area contributed by atoms with Crippen LogP contribution in [0.4, 0.5) is 13.6 Å². The number of hydrazone groups is 1. The molecule has 1 amide bonds. The number of rotatable bonds is 9. The van der Waals surface area contributed by atoms with Crippen molar-refractivity contribution in [3.63, 3.8) is 0 Å². The molecule has 5 rings (SSSR count). The summed E-state index contributed by atoms with van der Waals surface area (Å²) >= 11 is 0. The molecule has 1 aromatic carbocycles. The standard InChI is InChI=1S/C28H32F2N8O2/c1-2-38(35-12-6-25-23-5-11-32-26(23)34-19-33-25)28(9-10-31)17-37(18-28)22-7-13-36(14-8-22)27(39)40-16-20-3-4-21(29)15-24(20)30/h3-5,11-12,15,19,22H,2,6-9,13-14,16-18H2,1H3,(H,32,33,34)/b35-12-. The Labute approximate surface area is 231 Å². The van der Waals surface area contributed by atoms with E-state index in [4.69, 9.17) is 9.84 Å². The summed E-state index contributed by atoms with van der Waals surface area (Å²) in [4.78, 5) is 28.2. The first-order chi connectivity index (χ1) is 19.4. The van der Waals surface area contributed by atoms with Crippen LogP contribution in [-0.2, 0) is 17.8 Å². The summed E-state index contributed by atoms with van der Waals surface area (Å²) < 4.78 is 32.2. The number of benzene rings is 1. The van der Waals surface area contributed by atoms with Gasteiger partial charge in [0, 0.05) is 74.6 Å². The summed E-state index contributed by atoms with van der Waals surface area (Å²) in [5, 5.41) is 17.3. The van der Waals surface area contributed by atoms with E-state index in [-0.39, 0.29) is 23.8 Å². The number of nitrogens with zero attached hydrogens (tertiary/aromatic N) is 7. The van der Waals surface area contributed by atoms with E-state index in [1.807, 2.05) is 30.4 Å². The van der Waals surface area contributed by atoms with Crippen molar-refractivity contribution in [3.05, 3.63) is 59.7 Å². The predicted molar refractivity (Wildman–Crippen MR) is 144 cm³/mol. The number of carbonyl (C=O) groups is 1. The summed E-state index contributed by atoms with van der Waals surface area (Å²) in [6.45, 7) is 4.97. The molecule has 2 saturated heterocycles. The Kier molecular flexibility index (Phi) is 8.21. The van der Waals surface area contributed by atoms with Gasteiger partial charge in [-0.15, -0.1) is 0 Å². The summed E-state index contributed by atoms with van der Waals surface area (Å²) in [7, 11) is 0. The van der Waals surface area contributed by atoms with E-state index in [9.17, 15) is 18.8 Å². The van der Waals surface area contributed by atoms with Gasteiger partial charge in [-0.1, -0.05) is 0 Å². The number of nitrogens with one attached hydrogen (secondary N) is 1. The number of ether oxygens (including phenoxy) is 1. The van der Waals surface area contributed by atoms with Crippen LogP contribution in [0.5, 0.6) is 0 Å². The van der Waals surface area contributed by atoms with Crippen molar-refractivity contribution in [1.29, 1.82) is 5.26 Å². The highest BCUT2D eigenvalue weighted by Gasteiger charge is 2.49. The van der Waals surface area contributed by atoms with E-state index in [1.54, 1.807) is 4.90 Å². The minimum Gasteiger partial charge on any atom is -0.444 e. The Balaban J connectivity index is 1.12. The molecule has 2 aliphatic rings. The third kappa shape index (κ3) is 5.74. The Hall–Kier alpha value is -4.11. The lowest BCUT2D eigenvalue weighted by Gasteiger charge is -2.57. The second kappa shape index (κ2) is 12.0. The molecule has 0 unspecified atom stereocenters. The van der Waals surface area contributed by atoms with E-state index < -0.39 is 17.7 Å². The van der Waals surface area contributed by atoms with E-state index >= 15 is 0 Å². The lowest BCUT2D eigenvalue weighted by Crippen LogP contribution is -2.71. The number of piperidine rings is 1. The maximum Gasteiger partial charge on any atom is 0.410 e. The number of halogens is 2. The number of aromatic nitrogens is 3. The van der Waals surface area contributed by atoms with Gasteiger partial charge in [0.25, 0.3) is 0 Å². The Morgan fingerprint density at radius 2 is 2.10 bits per heavy atom. The van der Waals surface area contributed by atoms with E-state index in [0.717, 1.165) is 54.8 Å². The first-order valence-electron chi connectivity index (χ1n) is 13.5. The van der Waals surface area contributed by atoms with Gasteiger partial charge in [0.2, 0.25) is 0 Å². The molecule has 0 aliphatic carbocycles. The molecule has 0 atom stereocenters. The van der Waals surface area contributed by atoms with Gasteiger partial charge >= 0.3 is 6.09 Å². The zero-order chi connectivity index (χ0) is 28.1. The molecular formula is C28H32F2N8O2. The van der Waals surface area contributed by atoms with Crippen molar-refractivity contribution in [2.75, 3.05) is 32.7 Å². The summed E-state index contributed by atoms with van der Waals surface area (Å²) in [5.41, 5.74) is 1.47. The van der Waals surface area contributed by atoms with Crippen molar-refractivity contribution >= 4 is 23.3 Å². The molecule has 2 fully saturated rings. The number of nitriles is 1. The van der Waals surface area contributed by atoms with Crippen LogP contribution in [0.2, 0.25) is 0 Å². The van der Waals surface area contributed by atoms with Gasteiger partial charge in [-0.25, -0.2) is 23.5 Å². The minimum atomic E-state index is -0.734. The Bertz CT molecular complexity index is 1410. The molecule has 2 aliphatic heterocycles. The molecule has 3 aromatic rings. The van der Waals surface area contributed by atoms with Crippen LogP contribution in [0.15, 0.2) is 41.9 Å². The quantitative estimate of drug-likeness (QED) is 0.318. The number of carbonyl (C=O) groups excluding carboxylic acids is 1. The number of likely N-dealkylation sites (N-methyl/N-ethyl adjacent to an activating group) is 1. The SMILES string of the molecule is CCN(/N=C\Cc1ncnc2[nH]ccc12)C1(CC#N)CN(C2CCN(C(=O)OCc3ccc(F)cc3F)CC2)C1. The Morgan fingerprint density at radius 3 is 2.83 bits per heavy atom. The van der Waals surface area contributed by atoms with Crippen molar-refractivity contribution in [2.45, 2.75) is 50.8 Å². The number of H-pyrrole nitrogens is 1. The fourth-order valence-electron chi connectivity index (χ4n) is 5.62. The smallest absolute Gasteiger partial charge is 0.410 e. The fourth-order valence-corrected chi connectivity index (χ4v) is 5.62. The van der Waals surface area contributed by atoms with Gasteiger partial charge in [-0.3, -0.25) is 9.91 Å². The first-order valence-corrected chi connectivity index (χ1v) is 13.5. The molecule has 0 radical (unpaired) electrons. The predicted octanol–water partition coefficient (Wildman–Crippen LogP) is 3.86. The number of amides is 1. The summed E-state index contributed by atoms with van der Waals surface area (Å²) in [6, 6.07) is 7.79. The van der Waals surface area contributed by atoms with Crippen LogP contribution < -0.4 is 0 Å². The highest BCUT2D eigenvalue weighted by Crippen LogP contribution is 2.35. The highest BCUT2D eigenvalue weighted by molar-refractivity contribution is 5.80. The average molecular weight is 551 g/mol. The number of hydrogen-bond donors (Lipinski definition) is 1. The zero-order valence-electron chi connectivity index (χ0n) is 22.4. The number of hydrogen-bond acceptors (Lipinski definition) is 8. The van der Waals surface area contributed by atoms with Crippen molar-refractivity contribution in [1.82, 2.24) is 29.8 Å². The van der Waals surface area contributed by atoms with Gasteiger partial charge < -0.3 is 14.6 Å². The minimum absolute atomic E-state index is 0.136. The fraction of sp³-hybridized carbons (Fsp3) is 0.464.